The van der Waals surface area contributed by atoms with E-state index >= 15 is 0 Å². The summed E-state index contributed by atoms with van der Waals surface area (Å²) in [6.07, 6.45) is 1.84. The lowest BCUT2D eigenvalue weighted by atomic mass is 9.87. The molecule has 0 aliphatic carbocycles. The molecule has 1 aliphatic rings. The molecule has 0 aromatic carbocycles. The molecule has 0 spiro atoms. The molecule has 0 aromatic heterocycles. The maximum absolute atomic E-state index is 13.0. The van der Waals surface area contributed by atoms with Gasteiger partial charge in [0.25, 0.3) is 0 Å². The van der Waals surface area contributed by atoms with E-state index in [1.165, 1.54) is 0 Å². The van der Waals surface area contributed by atoms with Crippen molar-refractivity contribution in [2.75, 3.05) is 7.05 Å². The lowest BCUT2D eigenvalue weighted by Crippen LogP contribution is -2.57. The smallest absolute Gasteiger partial charge is 0.412 e. The third kappa shape index (κ3) is 3.54. The molecule has 5 nitrogen and oxygen atoms in total. The van der Waals surface area contributed by atoms with E-state index in [0.29, 0.717) is 12.8 Å². The van der Waals surface area contributed by atoms with Crippen LogP contribution in [-0.4, -0.2) is 46.2 Å². The van der Waals surface area contributed by atoms with Crippen LogP contribution in [0.4, 0.5) is 4.79 Å². The van der Waals surface area contributed by atoms with E-state index in [2.05, 4.69) is 6.58 Å². The quantitative estimate of drug-likeness (QED) is 0.742. The molecule has 1 fully saturated rings. The van der Waals surface area contributed by atoms with Gasteiger partial charge in [0.05, 0.1) is 0 Å². The van der Waals surface area contributed by atoms with Crippen LogP contribution in [0.25, 0.3) is 0 Å². The van der Waals surface area contributed by atoms with Crippen LogP contribution >= 0.6 is 0 Å². The molecule has 1 saturated heterocycles. The number of likely N-dealkylation sites (N-methyl/N-ethyl adjacent to an activating group) is 1. The predicted octanol–water partition coefficient (Wildman–Crippen LogP) is 3.79. The van der Waals surface area contributed by atoms with Gasteiger partial charge in [0.1, 0.15) is 17.3 Å². The molecule has 132 valence electrons. The van der Waals surface area contributed by atoms with Crippen molar-refractivity contribution in [1.29, 1.82) is 0 Å². The van der Waals surface area contributed by atoms with Gasteiger partial charge in [-0.2, -0.15) is 0 Å². The van der Waals surface area contributed by atoms with Gasteiger partial charge in [0.15, 0.2) is 0 Å². The van der Waals surface area contributed by atoms with Gasteiger partial charge in [-0.05, 0) is 33.6 Å². The molecule has 0 bridgehead atoms. The third-order valence-electron chi connectivity index (χ3n) is 4.22. The first-order valence-corrected chi connectivity index (χ1v) is 8.22. The first-order chi connectivity index (χ1) is 10.3. The number of ether oxygens (including phenoxy) is 1. The Morgan fingerprint density at radius 3 is 2.17 bits per heavy atom. The van der Waals surface area contributed by atoms with E-state index in [0.717, 1.165) is 0 Å². The summed E-state index contributed by atoms with van der Waals surface area (Å²) in [5.41, 5.74) is -1.83. The van der Waals surface area contributed by atoms with Gasteiger partial charge < -0.3 is 9.64 Å². The maximum Gasteiger partial charge on any atom is 0.412 e. The summed E-state index contributed by atoms with van der Waals surface area (Å²) >= 11 is 0. The topological polar surface area (TPSA) is 49.9 Å². The Hall–Kier alpha value is -1.52. The van der Waals surface area contributed by atoms with Crippen LogP contribution in [0.5, 0.6) is 0 Å². The molecule has 0 saturated carbocycles. The fourth-order valence-corrected chi connectivity index (χ4v) is 3.39. The minimum absolute atomic E-state index is 0.0503. The average Bonchev–Trinajstić information content (AvgIpc) is 2.59. The number of rotatable bonds is 3. The largest absolute Gasteiger partial charge is 0.444 e. The van der Waals surface area contributed by atoms with E-state index < -0.39 is 17.2 Å². The Bertz CT molecular complexity index is 487. The van der Waals surface area contributed by atoms with Gasteiger partial charge in [-0.1, -0.05) is 33.8 Å². The number of nitrogens with zero attached hydrogens (tertiary/aromatic N) is 2. The summed E-state index contributed by atoms with van der Waals surface area (Å²) in [6.45, 7) is 17.3. The molecule has 1 heterocycles. The summed E-state index contributed by atoms with van der Waals surface area (Å²) < 4.78 is 5.62. The second-order valence-corrected chi connectivity index (χ2v) is 8.38. The van der Waals surface area contributed by atoms with Crippen molar-refractivity contribution < 1.29 is 14.3 Å². The van der Waals surface area contributed by atoms with Gasteiger partial charge in [-0.3, -0.25) is 9.69 Å². The van der Waals surface area contributed by atoms with Crippen LogP contribution in [0.3, 0.4) is 0 Å². The summed E-state index contributed by atoms with van der Waals surface area (Å²) in [6, 6.07) is 0. The van der Waals surface area contributed by atoms with Crippen molar-refractivity contribution in [1.82, 2.24) is 9.80 Å². The Balaban J connectivity index is 3.46. The van der Waals surface area contributed by atoms with E-state index in [1.54, 1.807) is 22.9 Å². The molecular formula is C18H32N2O3. The van der Waals surface area contributed by atoms with Crippen molar-refractivity contribution in [3.05, 3.63) is 12.7 Å². The summed E-state index contributed by atoms with van der Waals surface area (Å²) in [4.78, 5) is 29.3. The SMILES string of the molecule is C=CC[C@]1(CC)C(=O)N(C)[C@H](C(C)(C)C)N1C(=O)OC(C)(C)C. The number of carbonyl (C=O) groups is 2. The molecule has 0 radical (unpaired) electrons. The van der Waals surface area contributed by atoms with Gasteiger partial charge in [-0.15, -0.1) is 6.58 Å². The van der Waals surface area contributed by atoms with Crippen molar-refractivity contribution in [2.45, 2.75) is 78.6 Å². The molecule has 2 amide bonds. The average molecular weight is 324 g/mol. The predicted molar refractivity (Wildman–Crippen MR) is 91.9 cm³/mol. The van der Waals surface area contributed by atoms with Gasteiger partial charge in [0.2, 0.25) is 5.91 Å². The second-order valence-electron chi connectivity index (χ2n) is 8.38. The zero-order chi connectivity index (χ0) is 18.2. The van der Waals surface area contributed by atoms with E-state index in [4.69, 9.17) is 4.74 Å². The zero-order valence-corrected chi connectivity index (χ0v) is 15.9. The molecule has 1 aliphatic heterocycles. The zero-order valence-electron chi connectivity index (χ0n) is 15.9. The lowest BCUT2D eigenvalue weighted by Gasteiger charge is -2.42. The van der Waals surface area contributed by atoms with E-state index in [-0.39, 0.29) is 17.5 Å². The second kappa shape index (κ2) is 6.17. The lowest BCUT2D eigenvalue weighted by molar-refractivity contribution is -0.133. The Morgan fingerprint density at radius 2 is 1.83 bits per heavy atom. The fraction of sp³-hybridized carbons (Fsp3) is 0.778. The Kier molecular flexibility index (Phi) is 5.24. The van der Waals surface area contributed by atoms with Crippen molar-refractivity contribution in [3.8, 4) is 0 Å². The van der Waals surface area contributed by atoms with Crippen LogP contribution < -0.4 is 0 Å². The Morgan fingerprint density at radius 1 is 1.30 bits per heavy atom. The van der Waals surface area contributed by atoms with Crippen molar-refractivity contribution in [3.63, 3.8) is 0 Å². The van der Waals surface area contributed by atoms with Crippen LogP contribution in [0.15, 0.2) is 12.7 Å². The molecule has 23 heavy (non-hydrogen) atoms. The molecule has 0 unspecified atom stereocenters. The highest BCUT2D eigenvalue weighted by atomic mass is 16.6. The highest BCUT2D eigenvalue weighted by Gasteiger charge is 2.60. The standard InChI is InChI=1S/C18H32N2O3/c1-10-12-18(11-2)14(21)19(9)13(16(3,4)5)20(18)15(22)23-17(6,7)8/h10,13H,1,11-12H2,2-9H3/t13-,18+/m0/s1. The summed E-state index contributed by atoms with van der Waals surface area (Å²) in [7, 11) is 1.76. The van der Waals surface area contributed by atoms with E-state index in [1.807, 2.05) is 48.5 Å². The van der Waals surface area contributed by atoms with Crippen LogP contribution in [0, 0.1) is 5.41 Å². The monoisotopic (exact) mass is 324 g/mol. The number of carbonyl (C=O) groups excluding carboxylic acids is 2. The van der Waals surface area contributed by atoms with Gasteiger partial charge >= 0.3 is 6.09 Å². The van der Waals surface area contributed by atoms with Crippen LogP contribution in [-0.2, 0) is 9.53 Å². The normalized spacial score (nSPS) is 25.7. The third-order valence-corrected chi connectivity index (χ3v) is 4.22. The summed E-state index contributed by atoms with van der Waals surface area (Å²) in [5, 5.41) is 0. The number of hydrogen-bond donors (Lipinski definition) is 0. The van der Waals surface area contributed by atoms with Crippen molar-refractivity contribution >= 4 is 12.0 Å². The van der Waals surface area contributed by atoms with E-state index in [9.17, 15) is 9.59 Å². The molecule has 1 rings (SSSR count). The number of amides is 2. The number of hydrogen-bond acceptors (Lipinski definition) is 3. The van der Waals surface area contributed by atoms with Crippen molar-refractivity contribution in [2.24, 2.45) is 5.41 Å². The molecule has 5 heteroatoms. The molecular weight excluding hydrogens is 292 g/mol. The maximum atomic E-state index is 13.0. The first kappa shape index (κ1) is 19.5. The molecule has 0 N–H and O–H groups in total. The minimum Gasteiger partial charge on any atom is -0.444 e. The summed E-state index contributed by atoms with van der Waals surface area (Å²) in [5.74, 6) is -0.0503. The molecule has 0 aromatic rings. The Labute approximate surface area is 140 Å². The van der Waals surface area contributed by atoms with Gasteiger partial charge in [-0.25, -0.2) is 4.79 Å². The minimum atomic E-state index is -0.920. The van der Waals surface area contributed by atoms with Gasteiger partial charge in [0, 0.05) is 12.5 Å². The fourth-order valence-electron chi connectivity index (χ4n) is 3.39. The van der Waals surface area contributed by atoms with Crippen LogP contribution in [0.2, 0.25) is 0 Å². The van der Waals surface area contributed by atoms with Crippen LogP contribution in [0.1, 0.15) is 61.3 Å². The highest BCUT2D eigenvalue weighted by molar-refractivity contribution is 5.93. The highest BCUT2D eigenvalue weighted by Crippen LogP contribution is 2.43. The molecule has 2 atom stereocenters. The first-order valence-electron chi connectivity index (χ1n) is 8.22.